The Morgan fingerprint density at radius 1 is 1.29 bits per heavy atom. The number of fused-ring (bicyclic) bond motifs is 1. The average molecular weight is 399 g/mol. The van der Waals surface area contributed by atoms with E-state index in [1.165, 1.54) is 16.8 Å². The monoisotopic (exact) mass is 398 g/mol. The lowest BCUT2D eigenvalue weighted by Crippen LogP contribution is -2.35. The third-order valence-corrected chi connectivity index (χ3v) is 4.83. The number of nitrogens with one attached hydrogen (secondary N) is 2. The van der Waals surface area contributed by atoms with Crippen molar-refractivity contribution in [2.75, 3.05) is 10.6 Å². The number of amides is 2. The summed E-state index contributed by atoms with van der Waals surface area (Å²) < 4.78 is 14.7. The SMILES string of the molecule is Cc1c(-c2ccc(F)cc2)nn2c1NC(=O)CC2C(=O)Nc1cccc(Cl)c1. The summed E-state index contributed by atoms with van der Waals surface area (Å²) >= 11 is 5.96. The van der Waals surface area contributed by atoms with E-state index < -0.39 is 6.04 Å². The van der Waals surface area contributed by atoms with Crippen LogP contribution in [0.5, 0.6) is 0 Å². The molecule has 2 N–H and O–H groups in total. The number of hydrogen-bond donors (Lipinski definition) is 2. The van der Waals surface area contributed by atoms with Gasteiger partial charge in [-0.05, 0) is 49.4 Å². The minimum absolute atomic E-state index is 0.0383. The Bertz CT molecular complexity index is 1080. The highest BCUT2D eigenvalue weighted by molar-refractivity contribution is 6.30. The maximum absolute atomic E-state index is 13.2. The summed E-state index contributed by atoms with van der Waals surface area (Å²) in [5.41, 5.74) is 2.52. The number of nitrogens with zero attached hydrogens (tertiary/aromatic N) is 2. The van der Waals surface area contributed by atoms with E-state index in [2.05, 4.69) is 15.7 Å². The molecule has 0 aliphatic carbocycles. The van der Waals surface area contributed by atoms with Crippen molar-refractivity contribution in [3.63, 3.8) is 0 Å². The Kier molecular flexibility index (Phi) is 4.60. The Hall–Kier alpha value is -3.19. The maximum Gasteiger partial charge on any atom is 0.249 e. The molecule has 1 unspecified atom stereocenters. The van der Waals surface area contributed by atoms with Gasteiger partial charge in [-0.1, -0.05) is 17.7 Å². The van der Waals surface area contributed by atoms with Crippen LogP contribution in [-0.4, -0.2) is 21.6 Å². The molecule has 1 aliphatic rings. The van der Waals surface area contributed by atoms with Crippen LogP contribution in [0.3, 0.4) is 0 Å². The highest BCUT2D eigenvalue weighted by Gasteiger charge is 2.34. The molecule has 0 bridgehead atoms. The zero-order valence-electron chi connectivity index (χ0n) is 14.9. The molecule has 0 saturated heterocycles. The smallest absolute Gasteiger partial charge is 0.249 e. The topological polar surface area (TPSA) is 76.0 Å². The lowest BCUT2D eigenvalue weighted by atomic mass is 10.1. The molecule has 2 amide bonds. The van der Waals surface area contributed by atoms with Crippen LogP contribution in [-0.2, 0) is 9.59 Å². The number of hydrogen-bond acceptors (Lipinski definition) is 3. The van der Waals surface area contributed by atoms with Gasteiger partial charge in [0.2, 0.25) is 11.8 Å². The van der Waals surface area contributed by atoms with E-state index in [1.54, 1.807) is 43.3 Å². The van der Waals surface area contributed by atoms with E-state index in [-0.39, 0.29) is 24.1 Å². The number of rotatable bonds is 3. The van der Waals surface area contributed by atoms with Gasteiger partial charge in [0.05, 0.1) is 12.1 Å². The quantitative estimate of drug-likeness (QED) is 0.695. The maximum atomic E-state index is 13.2. The van der Waals surface area contributed by atoms with E-state index in [1.807, 2.05) is 0 Å². The number of aromatic nitrogens is 2. The molecule has 4 rings (SSSR count). The predicted octanol–water partition coefficient (Wildman–Crippen LogP) is 4.17. The van der Waals surface area contributed by atoms with Crippen LogP contribution < -0.4 is 10.6 Å². The number of benzene rings is 2. The Balaban J connectivity index is 1.70. The first-order valence-electron chi connectivity index (χ1n) is 8.63. The van der Waals surface area contributed by atoms with Gasteiger partial charge in [-0.15, -0.1) is 0 Å². The fourth-order valence-corrected chi connectivity index (χ4v) is 3.41. The lowest BCUT2D eigenvalue weighted by molar-refractivity contribution is -0.125. The Morgan fingerprint density at radius 3 is 2.75 bits per heavy atom. The summed E-state index contributed by atoms with van der Waals surface area (Å²) in [5.74, 6) is -0.529. The van der Waals surface area contributed by atoms with Gasteiger partial charge in [-0.25, -0.2) is 9.07 Å². The molecule has 0 saturated carbocycles. The highest BCUT2D eigenvalue weighted by atomic mass is 35.5. The second kappa shape index (κ2) is 7.09. The molecule has 2 heterocycles. The van der Waals surface area contributed by atoms with Crippen LogP contribution >= 0.6 is 11.6 Å². The molecule has 6 nitrogen and oxygen atoms in total. The Morgan fingerprint density at radius 2 is 2.04 bits per heavy atom. The molecule has 1 atom stereocenters. The number of carbonyl (C=O) groups is 2. The van der Waals surface area contributed by atoms with E-state index in [0.717, 1.165) is 0 Å². The second-order valence-electron chi connectivity index (χ2n) is 6.54. The molecule has 28 heavy (non-hydrogen) atoms. The summed E-state index contributed by atoms with van der Waals surface area (Å²) in [6, 6.07) is 11.9. The van der Waals surface area contributed by atoms with Gasteiger partial charge in [0.15, 0.2) is 0 Å². The van der Waals surface area contributed by atoms with Gasteiger partial charge in [0, 0.05) is 21.8 Å². The summed E-state index contributed by atoms with van der Waals surface area (Å²) in [4.78, 5) is 25.0. The molecular weight excluding hydrogens is 383 g/mol. The largest absolute Gasteiger partial charge is 0.324 e. The van der Waals surface area contributed by atoms with Gasteiger partial charge in [0.25, 0.3) is 0 Å². The van der Waals surface area contributed by atoms with Crippen molar-refractivity contribution in [3.8, 4) is 11.3 Å². The molecule has 8 heteroatoms. The predicted molar refractivity (Wildman–Crippen MR) is 105 cm³/mol. The van der Waals surface area contributed by atoms with Crippen LogP contribution in [0.15, 0.2) is 48.5 Å². The number of anilines is 2. The fourth-order valence-electron chi connectivity index (χ4n) is 3.22. The van der Waals surface area contributed by atoms with Gasteiger partial charge < -0.3 is 10.6 Å². The van der Waals surface area contributed by atoms with E-state index in [0.29, 0.717) is 33.3 Å². The van der Waals surface area contributed by atoms with E-state index in [4.69, 9.17) is 11.6 Å². The molecule has 3 aromatic rings. The van der Waals surface area contributed by atoms with Crippen molar-refractivity contribution in [2.24, 2.45) is 0 Å². The molecule has 0 fully saturated rings. The molecule has 142 valence electrons. The molecule has 0 spiro atoms. The van der Waals surface area contributed by atoms with Crippen molar-refractivity contribution < 1.29 is 14.0 Å². The van der Waals surface area contributed by atoms with Crippen LogP contribution in [0.4, 0.5) is 15.9 Å². The average Bonchev–Trinajstić information content (AvgIpc) is 2.98. The van der Waals surface area contributed by atoms with Crippen LogP contribution in [0, 0.1) is 12.7 Å². The first-order chi connectivity index (χ1) is 13.4. The number of halogens is 2. The summed E-state index contributed by atoms with van der Waals surface area (Å²) in [7, 11) is 0. The van der Waals surface area contributed by atoms with Crippen LogP contribution in [0.1, 0.15) is 18.0 Å². The van der Waals surface area contributed by atoms with Crippen molar-refractivity contribution in [2.45, 2.75) is 19.4 Å². The normalized spacial score (nSPS) is 15.7. The lowest BCUT2D eigenvalue weighted by Gasteiger charge is -2.24. The van der Waals surface area contributed by atoms with E-state index >= 15 is 0 Å². The summed E-state index contributed by atoms with van der Waals surface area (Å²) in [6.45, 7) is 1.80. The molecule has 2 aromatic carbocycles. The van der Waals surface area contributed by atoms with Crippen LogP contribution in [0.2, 0.25) is 5.02 Å². The van der Waals surface area contributed by atoms with Crippen molar-refractivity contribution in [1.82, 2.24) is 9.78 Å². The minimum atomic E-state index is -0.810. The third-order valence-electron chi connectivity index (χ3n) is 4.59. The zero-order valence-corrected chi connectivity index (χ0v) is 15.6. The number of carbonyl (C=O) groups excluding carboxylic acids is 2. The first-order valence-corrected chi connectivity index (χ1v) is 9.01. The van der Waals surface area contributed by atoms with Gasteiger partial charge >= 0.3 is 0 Å². The third kappa shape index (κ3) is 3.36. The second-order valence-corrected chi connectivity index (χ2v) is 6.98. The van der Waals surface area contributed by atoms with Crippen molar-refractivity contribution in [3.05, 3.63) is 64.9 Å². The minimum Gasteiger partial charge on any atom is -0.324 e. The highest BCUT2D eigenvalue weighted by Crippen LogP contribution is 2.34. The van der Waals surface area contributed by atoms with Gasteiger partial charge in [-0.2, -0.15) is 5.10 Å². The van der Waals surface area contributed by atoms with Crippen molar-refractivity contribution in [1.29, 1.82) is 0 Å². The zero-order chi connectivity index (χ0) is 19.8. The van der Waals surface area contributed by atoms with Crippen molar-refractivity contribution >= 4 is 34.9 Å². The summed E-state index contributed by atoms with van der Waals surface area (Å²) in [5, 5.41) is 10.6. The fraction of sp³-hybridized carbons (Fsp3) is 0.150. The van der Waals surface area contributed by atoms with Crippen LogP contribution in [0.25, 0.3) is 11.3 Å². The molecule has 1 aliphatic heterocycles. The first kappa shape index (κ1) is 18.2. The van der Waals surface area contributed by atoms with Gasteiger partial charge in [-0.3, -0.25) is 9.59 Å². The molecule has 0 radical (unpaired) electrons. The standard InChI is InChI=1S/C20H16ClFN4O2/c1-11-18(12-5-7-14(22)8-6-12)25-26-16(10-17(27)24-19(11)26)20(28)23-15-4-2-3-13(21)9-15/h2-9,16H,10H2,1H3,(H,23,28)(H,24,27). The molecular formula is C20H16ClFN4O2. The van der Waals surface area contributed by atoms with Gasteiger partial charge in [0.1, 0.15) is 17.7 Å². The summed E-state index contributed by atoms with van der Waals surface area (Å²) in [6.07, 6.45) is -0.0383. The Labute approximate surface area is 165 Å². The van der Waals surface area contributed by atoms with E-state index in [9.17, 15) is 14.0 Å². The molecule has 1 aromatic heterocycles.